The molecule has 0 radical (unpaired) electrons. The maximum Gasteiger partial charge on any atom is 0.187 e. The van der Waals surface area contributed by atoms with Crippen LogP contribution in [-0.2, 0) is 47.4 Å². The number of allylic oxidation sites excluding steroid dienone is 1. The van der Waals surface area contributed by atoms with Gasteiger partial charge in [0.25, 0.3) is 0 Å². The molecule has 3 saturated carbocycles. The second-order valence-electron chi connectivity index (χ2n) is 29.0. The number of rotatable bonds is 20. The zero-order valence-electron chi connectivity index (χ0n) is 52.4. The van der Waals surface area contributed by atoms with Crippen LogP contribution in [0.3, 0.4) is 0 Å². The fourth-order valence-corrected chi connectivity index (χ4v) is 17.3. The van der Waals surface area contributed by atoms with Gasteiger partial charge in [0.05, 0.1) is 69.2 Å². The van der Waals surface area contributed by atoms with E-state index >= 15 is 0 Å². The molecule has 5 aliphatic heterocycles. The predicted octanol–water partition coefficient (Wildman–Crippen LogP) is -4.13. The fraction of sp³-hybridized carbons (Fsp3) is 0.967. The number of hydrogen-bond donors (Lipinski definition) is 18. The van der Waals surface area contributed by atoms with E-state index in [0.717, 1.165) is 18.4 Å². The summed E-state index contributed by atoms with van der Waals surface area (Å²) < 4.78 is 61.2. The summed E-state index contributed by atoms with van der Waals surface area (Å²) in [6.45, 7) is 14.0. The van der Waals surface area contributed by atoms with Crippen LogP contribution < -0.4 is 0 Å². The summed E-state index contributed by atoms with van der Waals surface area (Å²) in [5, 5.41) is 197. The Balaban J connectivity index is 0.967. The lowest BCUT2D eigenvalue weighted by atomic mass is 9.38. The topological polar surface area (TPSA) is 456 Å². The zero-order valence-corrected chi connectivity index (χ0v) is 52.4. The van der Waals surface area contributed by atoms with Crippen LogP contribution >= 0.6 is 0 Å². The van der Waals surface area contributed by atoms with Crippen molar-refractivity contribution in [1.29, 1.82) is 0 Å². The summed E-state index contributed by atoms with van der Waals surface area (Å²) in [5.74, 6) is -0.792. The Kier molecular flexibility index (Phi) is 22.3. The van der Waals surface area contributed by atoms with Gasteiger partial charge >= 0.3 is 0 Å². The highest BCUT2D eigenvalue weighted by molar-refractivity contribution is 5.32. The molecule has 89 heavy (non-hydrogen) atoms. The molecule has 18 N–H and O–H groups in total. The molecule has 8 fully saturated rings. The molecule has 0 aromatic heterocycles. The minimum atomic E-state index is -2.05. The number of hydrogen-bond acceptors (Lipinski definition) is 28. The second-order valence-corrected chi connectivity index (χ2v) is 29.0. The monoisotopic (exact) mass is 1280 g/mol. The van der Waals surface area contributed by atoms with Gasteiger partial charge in [-0.25, -0.2) is 0 Å². The summed E-state index contributed by atoms with van der Waals surface area (Å²) >= 11 is 0. The van der Waals surface area contributed by atoms with Gasteiger partial charge in [0, 0.05) is 16.7 Å². The Morgan fingerprint density at radius 2 is 1.02 bits per heavy atom. The minimum absolute atomic E-state index is 0.0271. The van der Waals surface area contributed by atoms with Crippen molar-refractivity contribution in [3.8, 4) is 0 Å². The highest BCUT2D eigenvalue weighted by atomic mass is 16.8. The van der Waals surface area contributed by atoms with Gasteiger partial charge in [-0.3, -0.25) is 0 Å². The molecule has 9 rings (SSSR count). The van der Waals surface area contributed by atoms with Crippen LogP contribution in [0.25, 0.3) is 0 Å². The molecule has 0 spiro atoms. The van der Waals surface area contributed by atoms with Crippen molar-refractivity contribution in [3.05, 3.63) is 11.6 Å². The quantitative estimate of drug-likeness (QED) is 0.0515. The third-order valence-corrected chi connectivity index (χ3v) is 23.3. The van der Waals surface area contributed by atoms with Crippen molar-refractivity contribution >= 4 is 0 Å². The van der Waals surface area contributed by atoms with Crippen LogP contribution in [0.15, 0.2) is 11.6 Å². The van der Waals surface area contributed by atoms with Crippen molar-refractivity contribution in [2.75, 3.05) is 33.0 Å². The van der Waals surface area contributed by atoms with Crippen molar-refractivity contribution in [2.45, 2.75) is 285 Å². The molecule has 28 heteroatoms. The van der Waals surface area contributed by atoms with E-state index in [4.69, 9.17) is 47.4 Å². The summed E-state index contributed by atoms with van der Waals surface area (Å²) in [6, 6.07) is 0. The summed E-state index contributed by atoms with van der Waals surface area (Å²) in [6.07, 6.45) is -35.9. The first-order valence-corrected chi connectivity index (χ1v) is 31.9. The van der Waals surface area contributed by atoms with Gasteiger partial charge in [0.15, 0.2) is 31.5 Å². The maximum atomic E-state index is 12.8. The first-order chi connectivity index (χ1) is 41.7. The number of ether oxygens (including phenoxy) is 10. The van der Waals surface area contributed by atoms with E-state index in [0.29, 0.717) is 32.1 Å². The average Bonchev–Trinajstić information content (AvgIpc) is 1.66. The molecule has 35 atom stereocenters. The van der Waals surface area contributed by atoms with Crippen LogP contribution in [0.4, 0.5) is 0 Å². The van der Waals surface area contributed by atoms with Crippen LogP contribution in [-0.4, -0.2) is 296 Å². The SMILES string of the molecule is C[C@H]1[C@H](O)[C@@H](O)[C@@H](O[C@H]2[C@H](O)[C@@H](O[C@@H]3O[C@H](CO)[C@@H](O)[C@H](O)[C@H]3O)[C@H](O[C@H](CC[C@@H](C)C3CC[C@@]4(C)C5CC=C6C(CC[C@H](O[C@@H]7O[C@H](CO)[C@@H](O)[C@H](O)[C@H]7O)C6(C)C)[C@]5(C)[C@H](O)C[C@]34C)C(C)(C)O)O[C@@H]2CO[C@H]2O[C@H](CO)[C@@H](O)[C@H](O)[C@H]2O)O[C@@H]1CO. The van der Waals surface area contributed by atoms with Gasteiger partial charge in [-0.05, 0) is 99.7 Å². The molecule has 0 bridgehead atoms. The van der Waals surface area contributed by atoms with E-state index in [1.807, 2.05) is 0 Å². The Bertz CT molecular complexity index is 2340. The lowest BCUT2D eigenvalue weighted by Crippen LogP contribution is -2.67. The maximum absolute atomic E-state index is 12.8. The van der Waals surface area contributed by atoms with Crippen LogP contribution in [0, 0.1) is 51.2 Å². The third-order valence-electron chi connectivity index (χ3n) is 23.3. The zero-order chi connectivity index (χ0) is 65.5. The van der Waals surface area contributed by atoms with E-state index < -0.39 is 227 Å². The molecule has 9 aliphatic rings. The molecule has 0 amide bonds. The lowest BCUT2D eigenvalue weighted by molar-refractivity contribution is -0.396. The van der Waals surface area contributed by atoms with E-state index in [1.54, 1.807) is 0 Å². The summed E-state index contributed by atoms with van der Waals surface area (Å²) in [4.78, 5) is 0. The Morgan fingerprint density at radius 3 is 1.56 bits per heavy atom. The van der Waals surface area contributed by atoms with E-state index in [2.05, 4.69) is 47.6 Å². The van der Waals surface area contributed by atoms with Crippen molar-refractivity contribution in [2.24, 2.45) is 51.2 Å². The molecular weight excluding hydrogens is 1180 g/mol. The number of fused-ring (bicyclic) bond motifs is 5. The number of aliphatic hydroxyl groups is 18. The Labute approximate surface area is 518 Å². The molecule has 3 unspecified atom stereocenters. The predicted molar refractivity (Wildman–Crippen MR) is 303 cm³/mol. The van der Waals surface area contributed by atoms with Crippen molar-refractivity contribution < 1.29 is 139 Å². The van der Waals surface area contributed by atoms with E-state index in [-0.39, 0.29) is 35.5 Å². The molecule has 0 aromatic rings. The first kappa shape index (κ1) is 71.9. The van der Waals surface area contributed by atoms with Gasteiger partial charge in [0.1, 0.15) is 104 Å². The van der Waals surface area contributed by atoms with Gasteiger partial charge < -0.3 is 139 Å². The van der Waals surface area contributed by atoms with Crippen molar-refractivity contribution in [3.63, 3.8) is 0 Å². The van der Waals surface area contributed by atoms with Crippen molar-refractivity contribution in [1.82, 2.24) is 0 Å². The summed E-state index contributed by atoms with van der Waals surface area (Å²) in [5.41, 5.74) is -2.36. The molecular formula is C61H104O28. The fourth-order valence-electron chi connectivity index (χ4n) is 17.3. The molecule has 5 saturated heterocycles. The molecule has 4 aliphatic carbocycles. The molecule has 516 valence electrons. The number of aliphatic hydroxyl groups excluding tert-OH is 17. The van der Waals surface area contributed by atoms with Gasteiger partial charge in [-0.1, -0.05) is 60.1 Å². The normalized spacial score (nSPS) is 51.8. The van der Waals surface area contributed by atoms with Gasteiger partial charge in [-0.2, -0.15) is 0 Å². The highest BCUT2D eigenvalue weighted by Gasteiger charge is 2.71. The highest BCUT2D eigenvalue weighted by Crippen LogP contribution is 2.75. The lowest BCUT2D eigenvalue weighted by Gasteiger charge is -2.67. The van der Waals surface area contributed by atoms with Gasteiger partial charge in [-0.15, -0.1) is 0 Å². The molecule has 28 nitrogen and oxygen atoms in total. The van der Waals surface area contributed by atoms with Crippen LogP contribution in [0.5, 0.6) is 0 Å². The van der Waals surface area contributed by atoms with Crippen LogP contribution in [0.1, 0.15) is 114 Å². The Morgan fingerprint density at radius 1 is 0.539 bits per heavy atom. The summed E-state index contributed by atoms with van der Waals surface area (Å²) in [7, 11) is 0. The second kappa shape index (κ2) is 27.6. The largest absolute Gasteiger partial charge is 0.394 e. The van der Waals surface area contributed by atoms with Gasteiger partial charge in [0.2, 0.25) is 0 Å². The standard InChI is InChI=1S/C61H104O28/c1-24(26-16-17-59(7)34-13-11-27-28(61(34,9)35(66)18-60(26,59)8)12-15-36(57(27,3)4)86-53-47(76)43(72)40(69)31(21-64)83-53)10-14-37(58(5,6)79)87-56-51(89-55-48(77)44(73)41(70)32(22-65)84-55)49(78)50(88-54-45(74)38(67)25(2)29(19-62)81-54)33(85-56)23-80-52-46(75)42(71)39(68)30(20-63)82-52/h11,24-26,28-56,62-79H,10,12-23H2,1-9H3/t24-,25-,26?,28?,29-,30-,31-,32-,33-,34?,35-,36+,37-,38+,39-,40-,41-,42+,43+,44+,45-,46-,47-,48-,49+,50-,51-,52+,53+,54-,55+,56+,59+,60-,61+/m1/s1. The Hall–Kier alpha value is -1.38. The van der Waals surface area contributed by atoms with Crippen LogP contribution in [0.2, 0.25) is 0 Å². The van der Waals surface area contributed by atoms with E-state index in [1.165, 1.54) is 20.8 Å². The molecule has 5 heterocycles. The third kappa shape index (κ3) is 13.0. The first-order valence-electron chi connectivity index (χ1n) is 31.9. The molecule has 0 aromatic carbocycles. The van der Waals surface area contributed by atoms with E-state index in [9.17, 15) is 91.9 Å². The average molecular weight is 1290 g/mol. The minimum Gasteiger partial charge on any atom is -0.394 e. The smallest absolute Gasteiger partial charge is 0.187 e.